The van der Waals surface area contributed by atoms with Gasteiger partial charge in [0.1, 0.15) is 4.70 Å². The Labute approximate surface area is 252 Å². The first kappa shape index (κ1) is 30.3. The van der Waals surface area contributed by atoms with Gasteiger partial charge in [0.25, 0.3) is 11.8 Å². The number of morpholine rings is 2. The highest BCUT2D eigenvalue weighted by Gasteiger charge is 2.30. The molecule has 43 heavy (non-hydrogen) atoms. The molecule has 2 saturated heterocycles. The highest BCUT2D eigenvalue weighted by Crippen LogP contribution is 2.47. The van der Waals surface area contributed by atoms with Gasteiger partial charge in [0, 0.05) is 47.7 Å². The van der Waals surface area contributed by atoms with E-state index in [4.69, 9.17) is 9.47 Å². The minimum Gasteiger partial charge on any atom is -0.504 e. The molecule has 0 spiro atoms. The molecule has 2 aliphatic heterocycles. The number of ether oxygens (including phenoxy) is 2. The molecule has 0 saturated carbocycles. The van der Waals surface area contributed by atoms with Gasteiger partial charge >= 0.3 is 5.69 Å². The maximum absolute atomic E-state index is 12.6. The van der Waals surface area contributed by atoms with Crippen molar-refractivity contribution in [3.63, 3.8) is 0 Å². The van der Waals surface area contributed by atoms with Gasteiger partial charge in [0.2, 0.25) is 5.75 Å². The molecule has 2 fully saturated rings. The van der Waals surface area contributed by atoms with Gasteiger partial charge in [-0.2, -0.15) is 0 Å². The average molecular weight is 632 g/mol. The first-order valence-electron chi connectivity index (χ1n) is 13.3. The van der Waals surface area contributed by atoms with Gasteiger partial charge in [-0.25, -0.2) is 0 Å². The van der Waals surface area contributed by atoms with Crippen LogP contribution in [0.15, 0.2) is 18.2 Å². The fourth-order valence-electron chi connectivity index (χ4n) is 4.95. The van der Waals surface area contributed by atoms with E-state index >= 15 is 0 Å². The maximum atomic E-state index is 12.6. The number of hydrogen-bond donors (Lipinski definition) is 4. The zero-order chi connectivity index (χ0) is 31.0. The monoisotopic (exact) mass is 631 g/mol. The van der Waals surface area contributed by atoms with Crippen molar-refractivity contribution in [2.75, 3.05) is 52.6 Å². The molecule has 0 atom stereocenters. The Bertz CT molecular complexity index is 1740. The van der Waals surface area contributed by atoms with Crippen molar-refractivity contribution in [3.8, 4) is 23.0 Å². The fraction of sp³-hybridized carbons (Fsp3) is 0.357. The lowest BCUT2D eigenvalue weighted by Crippen LogP contribution is -2.40. The summed E-state index contributed by atoms with van der Waals surface area (Å²) in [5, 5.41) is 51.0. The van der Waals surface area contributed by atoms with Gasteiger partial charge in [-0.05, 0) is 37.1 Å². The summed E-state index contributed by atoms with van der Waals surface area (Å²) in [4.78, 5) is 40.0. The van der Waals surface area contributed by atoms with Crippen LogP contribution in [0, 0.1) is 24.0 Å². The van der Waals surface area contributed by atoms with Gasteiger partial charge < -0.3 is 39.7 Å². The number of nitro groups is 1. The summed E-state index contributed by atoms with van der Waals surface area (Å²) >= 11 is 2.30. The summed E-state index contributed by atoms with van der Waals surface area (Å²) in [6, 6.07) is 4.25. The van der Waals surface area contributed by atoms with Crippen LogP contribution >= 0.6 is 22.7 Å². The van der Waals surface area contributed by atoms with E-state index in [1.54, 1.807) is 16.7 Å². The molecule has 2 amide bonds. The third-order valence-corrected chi connectivity index (χ3v) is 9.90. The van der Waals surface area contributed by atoms with Gasteiger partial charge in [-0.1, -0.05) is 0 Å². The molecule has 0 aliphatic carbocycles. The van der Waals surface area contributed by atoms with Crippen molar-refractivity contribution < 1.29 is 44.4 Å². The van der Waals surface area contributed by atoms with Crippen molar-refractivity contribution in [1.82, 2.24) is 9.80 Å². The number of amides is 2. The summed E-state index contributed by atoms with van der Waals surface area (Å²) in [7, 11) is 0. The van der Waals surface area contributed by atoms with Crippen LogP contribution in [0.2, 0.25) is 0 Å². The number of carbonyl (C=O) groups is 2. The Kier molecular flexibility index (Phi) is 8.59. The normalized spacial score (nSPS) is 15.4. The molecular weight excluding hydrogens is 602 g/mol. The average Bonchev–Trinajstić information content (AvgIpc) is 3.49. The third kappa shape index (κ3) is 5.76. The van der Waals surface area contributed by atoms with Gasteiger partial charge in [0.05, 0.1) is 41.1 Å². The van der Waals surface area contributed by atoms with Crippen LogP contribution in [-0.2, 0) is 9.47 Å². The minimum atomic E-state index is -0.783. The lowest BCUT2D eigenvalue weighted by molar-refractivity contribution is -0.383. The summed E-state index contributed by atoms with van der Waals surface area (Å²) in [6.07, 6.45) is 0. The van der Waals surface area contributed by atoms with E-state index in [-0.39, 0.29) is 28.0 Å². The molecular formula is C28H29N3O10S2. The zero-order valence-electron chi connectivity index (χ0n) is 23.3. The molecule has 2 aromatic carbocycles. The van der Waals surface area contributed by atoms with E-state index in [9.17, 15) is 40.1 Å². The molecule has 4 N–H and O–H groups in total. The molecule has 228 valence electrons. The number of aromatic hydroxyl groups is 4. The first-order valence-corrected chi connectivity index (χ1v) is 14.9. The van der Waals surface area contributed by atoms with Crippen LogP contribution in [-0.4, -0.2) is 99.6 Å². The lowest BCUT2D eigenvalue weighted by atomic mass is 10.1. The Morgan fingerprint density at radius 1 is 0.767 bits per heavy atom. The topological polar surface area (TPSA) is 183 Å². The van der Waals surface area contributed by atoms with E-state index < -0.39 is 22.1 Å². The van der Waals surface area contributed by atoms with E-state index in [0.717, 1.165) is 27.0 Å². The zero-order valence-corrected chi connectivity index (χ0v) is 24.9. The molecule has 0 radical (unpaired) electrons. The second kappa shape index (κ2) is 12.2. The van der Waals surface area contributed by atoms with Gasteiger partial charge in [0.15, 0.2) is 17.2 Å². The van der Waals surface area contributed by atoms with E-state index in [0.29, 0.717) is 73.3 Å². The number of fused-ring (bicyclic) bond motifs is 2. The van der Waals surface area contributed by atoms with Crippen LogP contribution in [0.4, 0.5) is 5.69 Å². The molecule has 15 heteroatoms. The second-order valence-corrected chi connectivity index (χ2v) is 12.1. The molecule has 0 unspecified atom stereocenters. The summed E-state index contributed by atoms with van der Waals surface area (Å²) < 4.78 is 11.4. The Morgan fingerprint density at radius 2 is 1.23 bits per heavy atom. The maximum Gasteiger partial charge on any atom is 0.332 e. The second-order valence-electron chi connectivity index (χ2n) is 9.99. The smallest absolute Gasteiger partial charge is 0.332 e. The largest absolute Gasteiger partial charge is 0.504 e. The van der Waals surface area contributed by atoms with E-state index in [1.807, 2.05) is 6.92 Å². The quantitative estimate of drug-likeness (QED) is 0.146. The van der Waals surface area contributed by atoms with Crippen LogP contribution in [0.3, 0.4) is 0 Å². The predicted octanol–water partition coefficient (Wildman–Crippen LogP) is 4.09. The standard InChI is InChI=1S/C14H14N2O6S.C14H15NO4S/c1-7-8-6-9(17)11(18)10(16(20)21)13(8)23-12(7)14(19)15-2-4-22-5-3-15;1-8-9-6-10(16)11(17)7-12(9)20-13(8)14(18)15-2-4-19-5-3-15/h6,17-18H,2-5H2,1H3;6-7,16-17H,2-5H2,1H3. The lowest BCUT2D eigenvalue weighted by Gasteiger charge is -2.26. The Balaban J connectivity index is 0.000000173. The van der Waals surface area contributed by atoms with Gasteiger partial charge in [-0.15, -0.1) is 22.7 Å². The van der Waals surface area contributed by atoms with Crippen molar-refractivity contribution >= 4 is 60.3 Å². The van der Waals surface area contributed by atoms with Gasteiger partial charge in [-0.3, -0.25) is 19.7 Å². The SMILES string of the molecule is Cc1c(C(=O)N2CCOCC2)sc2c([N+](=O)[O-])c(O)c(O)cc12.Cc1c(C(=O)N2CCOCC2)sc2cc(O)c(O)cc12. The van der Waals surface area contributed by atoms with Crippen molar-refractivity contribution in [1.29, 1.82) is 0 Å². The Morgan fingerprint density at radius 3 is 1.77 bits per heavy atom. The number of carbonyl (C=O) groups excluding carboxylic acids is 2. The van der Waals surface area contributed by atoms with Crippen molar-refractivity contribution in [2.45, 2.75) is 13.8 Å². The number of thiophene rings is 2. The Hall–Kier alpha value is -4.18. The van der Waals surface area contributed by atoms with Crippen LogP contribution < -0.4 is 0 Å². The molecule has 2 aromatic heterocycles. The molecule has 4 heterocycles. The summed E-state index contributed by atoms with van der Waals surface area (Å²) in [5.41, 5.74) is 0.825. The number of benzene rings is 2. The van der Waals surface area contributed by atoms with Crippen LogP contribution in [0.5, 0.6) is 23.0 Å². The molecule has 6 rings (SSSR count). The molecule has 2 aliphatic rings. The molecule has 4 aromatic rings. The highest BCUT2D eigenvalue weighted by molar-refractivity contribution is 7.21. The number of phenols is 4. The van der Waals surface area contributed by atoms with Crippen LogP contribution in [0.1, 0.15) is 30.5 Å². The first-order chi connectivity index (χ1) is 20.5. The number of rotatable bonds is 3. The third-order valence-electron chi connectivity index (χ3n) is 7.36. The van der Waals surface area contributed by atoms with E-state index in [1.165, 1.54) is 29.5 Å². The number of hydrogen-bond acceptors (Lipinski definition) is 12. The number of nitro benzene ring substituents is 1. The summed E-state index contributed by atoms with van der Waals surface area (Å²) in [5.74, 6) is -1.91. The van der Waals surface area contributed by atoms with Crippen molar-refractivity contribution in [2.24, 2.45) is 0 Å². The predicted molar refractivity (Wildman–Crippen MR) is 160 cm³/mol. The number of nitrogens with zero attached hydrogens (tertiary/aromatic N) is 3. The number of phenolic OH excluding ortho intramolecular Hbond substituents is 4. The van der Waals surface area contributed by atoms with Crippen LogP contribution in [0.25, 0.3) is 20.2 Å². The fourth-order valence-corrected chi connectivity index (χ4v) is 7.42. The highest BCUT2D eigenvalue weighted by atomic mass is 32.1. The molecule has 0 bridgehead atoms. The van der Waals surface area contributed by atoms with Crippen molar-refractivity contribution in [3.05, 3.63) is 49.2 Å². The van der Waals surface area contributed by atoms with E-state index in [2.05, 4.69) is 0 Å². The number of aryl methyl sites for hydroxylation is 2. The molecule has 13 nitrogen and oxygen atoms in total. The minimum absolute atomic E-state index is 0.00835. The summed E-state index contributed by atoms with van der Waals surface area (Å²) in [6.45, 7) is 7.71.